The first-order valence-electron chi connectivity index (χ1n) is 14.1. The van der Waals surface area contributed by atoms with Crippen LogP contribution in [-0.2, 0) is 6.61 Å². The van der Waals surface area contributed by atoms with Crippen molar-refractivity contribution in [2.24, 2.45) is 0 Å². The van der Waals surface area contributed by atoms with Crippen LogP contribution in [0.4, 0.5) is 11.4 Å². The van der Waals surface area contributed by atoms with E-state index in [0.29, 0.717) is 57.1 Å². The molecular formula is C33H24BrN5O9. The first kappa shape index (κ1) is 31.9. The second kappa shape index (κ2) is 13.3. The zero-order valence-electron chi connectivity index (χ0n) is 25.5. The quantitative estimate of drug-likeness (QED) is 0.0942. The maximum absolute atomic E-state index is 12.0. The summed E-state index contributed by atoms with van der Waals surface area (Å²) < 4.78 is 28.7. The second-order valence-corrected chi connectivity index (χ2v) is 11.1. The highest BCUT2D eigenvalue weighted by atomic mass is 79.9. The van der Waals surface area contributed by atoms with Gasteiger partial charge in [-0.25, -0.2) is 4.98 Å². The van der Waals surface area contributed by atoms with E-state index < -0.39 is 21.2 Å². The number of hydrogen-bond acceptors (Lipinski definition) is 12. The molecule has 0 N–H and O–H groups in total. The first-order valence-corrected chi connectivity index (χ1v) is 14.9. The van der Waals surface area contributed by atoms with Crippen molar-refractivity contribution in [2.45, 2.75) is 6.61 Å². The zero-order valence-corrected chi connectivity index (χ0v) is 27.1. The number of benzene rings is 4. The Bertz CT molecular complexity index is 2150. The summed E-state index contributed by atoms with van der Waals surface area (Å²) in [7, 11) is 4.41. The lowest BCUT2D eigenvalue weighted by atomic mass is 9.96. The van der Waals surface area contributed by atoms with Crippen molar-refractivity contribution in [3.8, 4) is 56.8 Å². The molecule has 0 saturated carbocycles. The van der Waals surface area contributed by atoms with Crippen molar-refractivity contribution in [3.63, 3.8) is 0 Å². The minimum atomic E-state index is -0.698. The molecule has 0 aliphatic heterocycles. The van der Waals surface area contributed by atoms with Crippen LogP contribution in [-0.4, -0.2) is 46.3 Å². The van der Waals surface area contributed by atoms with Crippen LogP contribution in [0.3, 0.4) is 0 Å². The number of aromatic nitrogens is 3. The third kappa shape index (κ3) is 6.30. The topological polar surface area (TPSA) is 175 Å². The van der Waals surface area contributed by atoms with Gasteiger partial charge in [0.1, 0.15) is 5.75 Å². The molecule has 0 unspecified atom stereocenters. The minimum Gasteiger partial charge on any atom is -0.493 e. The molecule has 0 amide bonds. The summed E-state index contributed by atoms with van der Waals surface area (Å²) in [5.41, 5.74) is 1.91. The van der Waals surface area contributed by atoms with Crippen LogP contribution in [0.1, 0.15) is 5.82 Å². The van der Waals surface area contributed by atoms with E-state index in [1.54, 1.807) is 42.5 Å². The fourth-order valence-corrected chi connectivity index (χ4v) is 5.32. The highest BCUT2D eigenvalue weighted by Crippen LogP contribution is 2.44. The molecule has 14 nitrogen and oxygen atoms in total. The maximum Gasteiger partial charge on any atom is 0.285 e. The molecule has 0 aliphatic rings. The van der Waals surface area contributed by atoms with Gasteiger partial charge in [-0.15, -0.1) is 0 Å². The third-order valence-electron chi connectivity index (χ3n) is 7.34. The predicted octanol–water partition coefficient (Wildman–Crippen LogP) is 7.80. The van der Waals surface area contributed by atoms with Gasteiger partial charge in [0.05, 0.1) is 53.8 Å². The van der Waals surface area contributed by atoms with Crippen molar-refractivity contribution >= 4 is 38.2 Å². The van der Waals surface area contributed by atoms with E-state index in [0.717, 1.165) is 16.1 Å². The minimum absolute atomic E-state index is 0.0402. The molecule has 4 aromatic carbocycles. The normalized spacial score (nSPS) is 10.9. The molecule has 0 aliphatic carbocycles. The summed E-state index contributed by atoms with van der Waals surface area (Å²) in [6.45, 7) is 0.0402. The first-order chi connectivity index (χ1) is 23.2. The second-order valence-electron chi connectivity index (χ2n) is 10.2. The lowest BCUT2D eigenvalue weighted by Crippen LogP contribution is -2.00. The Morgan fingerprint density at radius 1 is 0.771 bits per heavy atom. The molecule has 0 saturated heterocycles. The number of nitro groups is 2. The molecule has 2 heterocycles. The lowest BCUT2D eigenvalue weighted by molar-refractivity contribution is -0.393. The smallest absolute Gasteiger partial charge is 0.285 e. The van der Waals surface area contributed by atoms with Gasteiger partial charge in [-0.3, -0.25) is 20.2 Å². The maximum atomic E-state index is 12.0. The van der Waals surface area contributed by atoms with E-state index in [2.05, 4.69) is 26.1 Å². The fraction of sp³-hybridized carbons (Fsp3) is 0.121. The summed E-state index contributed by atoms with van der Waals surface area (Å²) in [5, 5.41) is 27.8. The van der Waals surface area contributed by atoms with E-state index in [9.17, 15) is 20.2 Å². The van der Waals surface area contributed by atoms with Crippen molar-refractivity contribution in [1.29, 1.82) is 0 Å². The van der Waals surface area contributed by atoms with Crippen LogP contribution < -0.4 is 18.9 Å². The van der Waals surface area contributed by atoms with E-state index in [1.807, 2.05) is 24.3 Å². The van der Waals surface area contributed by atoms with E-state index in [1.165, 1.54) is 27.4 Å². The Morgan fingerprint density at radius 2 is 1.44 bits per heavy atom. The molecular weight excluding hydrogens is 690 g/mol. The van der Waals surface area contributed by atoms with Gasteiger partial charge in [0.2, 0.25) is 11.6 Å². The van der Waals surface area contributed by atoms with Crippen LogP contribution in [0.2, 0.25) is 0 Å². The van der Waals surface area contributed by atoms with Gasteiger partial charge < -0.3 is 23.5 Å². The van der Waals surface area contributed by atoms with Crippen LogP contribution in [0.15, 0.2) is 87.9 Å². The van der Waals surface area contributed by atoms with Gasteiger partial charge >= 0.3 is 0 Å². The summed E-state index contributed by atoms with van der Waals surface area (Å²) in [6.07, 6.45) is 0. The van der Waals surface area contributed by atoms with Crippen molar-refractivity contribution in [3.05, 3.63) is 109 Å². The largest absolute Gasteiger partial charge is 0.493 e. The highest BCUT2D eigenvalue weighted by Gasteiger charge is 2.24. The van der Waals surface area contributed by atoms with Crippen molar-refractivity contribution in [1.82, 2.24) is 15.1 Å². The number of methoxy groups -OCH3 is 3. The molecule has 0 atom stereocenters. The summed E-state index contributed by atoms with van der Waals surface area (Å²) in [5.74, 6) is 2.25. The number of nitro benzene ring substituents is 2. The van der Waals surface area contributed by atoms with Gasteiger partial charge in [0.25, 0.3) is 17.3 Å². The number of pyridine rings is 1. The third-order valence-corrected chi connectivity index (χ3v) is 7.86. The van der Waals surface area contributed by atoms with Crippen molar-refractivity contribution in [2.75, 3.05) is 21.3 Å². The average Bonchev–Trinajstić information content (AvgIpc) is 3.58. The number of rotatable bonds is 11. The van der Waals surface area contributed by atoms with Crippen molar-refractivity contribution < 1.29 is 33.3 Å². The summed E-state index contributed by atoms with van der Waals surface area (Å²) in [4.78, 5) is 31.4. The van der Waals surface area contributed by atoms with Gasteiger partial charge in [-0.2, -0.15) is 4.98 Å². The number of non-ortho nitro benzene ring substituents is 2. The van der Waals surface area contributed by atoms with Gasteiger partial charge in [-0.05, 0) is 60.2 Å². The number of fused-ring (bicyclic) bond motifs is 1. The standard InChI is InChI=1S/C33H24BrN5O9/c1-44-28-12-20(13-29(45-2)32(28)46-3)31-24(16-25-26(35-31)14-22(38(40)41)15-27(25)39(42)43)18-6-10-23(11-7-18)47-17-30-36-33(48-37-30)19-4-8-21(34)9-5-19/h4-16H,17H2,1-3H3. The number of nitrogens with zero attached hydrogens (tertiary/aromatic N) is 5. The SMILES string of the molecule is COc1cc(-c2nc3cc([N+](=O)[O-])cc([N+](=O)[O-])c3cc2-c2ccc(OCc3noc(-c4ccc(Br)cc4)n3)cc2)cc(OC)c1OC. The monoisotopic (exact) mass is 713 g/mol. The van der Waals surface area contributed by atoms with Crippen LogP contribution in [0, 0.1) is 20.2 Å². The summed E-state index contributed by atoms with van der Waals surface area (Å²) in [6, 6.07) is 21.5. The van der Waals surface area contributed by atoms with Crippen LogP contribution in [0.25, 0.3) is 44.7 Å². The Kier molecular flexibility index (Phi) is 8.85. The van der Waals surface area contributed by atoms with Gasteiger partial charge in [-0.1, -0.05) is 33.2 Å². The lowest BCUT2D eigenvalue weighted by Gasteiger charge is -2.16. The molecule has 242 valence electrons. The fourth-order valence-electron chi connectivity index (χ4n) is 5.06. The Labute approximate surface area is 280 Å². The highest BCUT2D eigenvalue weighted by molar-refractivity contribution is 9.10. The Hall–Kier alpha value is -6.09. The van der Waals surface area contributed by atoms with E-state index >= 15 is 0 Å². The van der Waals surface area contributed by atoms with Crippen LogP contribution in [0.5, 0.6) is 23.0 Å². The molecule has 6 rings (SSSR count). The van der Waals surface area contributed by atoms with Crippen LogP contribution >= 0.6 is 15.9 Å². The molecule has 48 heavy (non-hydrogen) atoms. The molecule has 2 aromatic heterocycles. The zero-order chi connectivity index (χ0) is 33.9. The van der Waals surface area contributed by atoms with Gasteiger partial charge in [0.15, 0.2) is 18.1 Å². The molecule has 0 spiro atoms. The predicted molar refractivity (Wildman–Crippen MR) is 177 cm³/mol. The van der Waals surface area contributed by atoms with Gasteiger partial charge in [0, 0.05) is 27.2 Å². The Balaban J connectivity index is 1.40. The average molecular weight is 714 g/mol. The molecule has 0 bridgehead atoms. The van der Waals surface area contributed by atoms with E-state index in [4.69, 9.17) is 28.5 Å². The molecule has 0 radical (unpaired) electrons. The molecule has 6 aromatic rings. The summed E-state index contributed by atoms with van der Waals surface area (Å²) >= 11 is 3.40. The molecule has 15 heteroatoms. The number of ether oxygens (including phenoxy) is 4. The Morgan fingerprint density at radius 3 is 2.04 bits per heavy atom. The number of halogens is 1. The molecule has 0 fully saturated rings. The van der Waals surface area contributed by atoms with E-state index in [-0.39, 0.29) is 17.5 Å². The number of hydrogen-bond donors (Lipinski definition) is 0.